The maximum Gasteiger partial charge on any atom is 0.269 e. The number of carbonyl (C=O) groups excluding carboxylic acids is 2. The third-order valence-electron chi connectivity index (χ3n) is 1.96. The van der Waals surface area contributed by atoms with Crippen molar-refractivity contribution in [1.82, 2.24) is 10.9 Å². The van der Waals surface area contributed by atoms with Crippen molar-refractivity contribution in [3.8, 4) is 0 Å². The first-order valence-corrected chi connectivity index (χ1v) is 5.66. The zero-order valence-corrected chi connectivity index (χ0v) is 10.6. The molecule has 0 radical (unpaired) electrons. The largest absolute Gasteiger partial charge is 0.269 e. The van der Waals surface area contributed by atoms with Crippen molar-refractivity contribution in [2.45, 2.75) is 6.92 Å². The third-order valence-corrected chi connectivity index (χ3v) is 2.21. The second kappa shape index (κ2) is 7.29. The number of hydrogen-bond donors (Lipinski definition) is 2. The molecule has 0 atom stereocenters. The standard InChI is InChI=1S/C13H13ClN2O2/c1-2-3-4-5-12(17)15-16-13(18)10-6-8-11(14)9-7-10/h2-9H,1H3,(H,15,17)(H,16,18). The summed E-state index contributed by atoms with van der Waals surface area (Å²) in [6, 6.07) is 6.34. The molecular formula is C13H13ClN2O2. The Bertz CT molecular complexity index is 478. The Labute approximate surface area is 110 Å². The summed E-state index contributed by atoms with van der Waals surface area (Å²) >= 11 is 5.70. The Balaban J connectivity index is 2.46. The fourth-order valence-electron chi connectivity index (χ4n) is 1.09. The highest BCUT2D eigenvalue weighted by atomic mass is 35.5. The van der Waals surface area contributed by atoms with E-state index in [2.05, 4.69) is 10.9 Å². The van der Waals surface area contributed by atoms with Crippen LogP contribution in [0.2, 0.25) is 5.02 Å². The molecule has 0 saturated heterocycles. The van der Waals surface area contributed by atoms with Gasteiger partial charge in [0.1, 0.15) is 0 Å². The van der Waals surface area contributed by atoms with E-state index in [0.717, 1.165) is 0 Å². The summed E-state index contributed by atoms with van der Waals surface area (Å²) in [4.78, 5) is 22.8. The average molecular weight is 265 g/mol. The molecule has 0 heterocycles. The summed E-state index contributed by atoms with van der Waals surface area (Å²) in [5.74, 6) is -0.810. The molecule has 0 fully saturated rings. The number of benzene rings is 1. The van der Waals surface area contributed by atoms with E-state index in [1.54, 1.807) is 42.5 Å². The van der Waals surface area contributed by atoms with E-state index in [9.17, 15) is 9.59 Å². The van der Waals surface area contributed by atoms with Crippen molar-refractivity contribution in [3.05, 3.63) is 59.2 Å². The van der Waals surface area contributed by atoms with Gasteiger partial charge >= 0.3 is 0 Å². The summed E-state index contributed by atoms with van der Waals surface area (Å²) < 4.78 is 0. The number of halogens is 1. The molecule has 4 nitrogen and oxygen atoms in total. The molecule has 0 aromatic heterocycles. The number of amides is 2. The minimum absolute atomic E-state index is 0.403. The molecule has 18 heavy (non-hydrogen) atoms. The van der Waals surface area contributed by atoms with Crippen molar-refractivity contribution in [1.29, 1.82) is 0 Å². The molecule has 0 unspecified atom stereocenters. The molecule has 1 aromatic rings. The van der Waals surface area contributed by atoms with E-state index in [1.165, 1.54) is 6.08 Å². The normalized spacial score (nSPS) is 10.8. The van der Waals surface area contributed by atoms with Crippen molar-refractivity contribution < 1.29 is 9.59 Å². The Morgan fingerprint density at radius 3 is 2.39 bits per heavy atom. The molecule has 0 aliphatic heterocycles. The predicted molar refractivity (Wildman–Crippen MR) is 71.0 cm³/mol. The summed E-state index contributed by atoms with van der Waals surface area (Å²) in [6.07, 6.45) is 6.38. The summed E-state index contributed by atoms with van der Waals surface area (Å²) in [5, 5.41) is 0.546. The molecule has 2 N–H and O–H groups in total. The minimum Gasteiger partial charge on any atom is -0.268 e. The van der Waals surface area contributed by atoms with Gasteiger partial charge in [-0.2, -0.15) is 0 Å². The first-order valence-electron chi connectivity index (χ1n) is 5.28. The van der Waals surface area contributed by atoms with Crippen LogP contribution in [0.25, 0.3) is 0 Å². The third kappa shape index (κ3) is 4.84. The molecule has 5 heteroatoms. The van der Waals surface area contributed by atoms with Crippen LogP contribution in [-0.2, 0) is 4.79 Å². The summed E-state index contributed by atoms with van der Waals surface area (Å²) in [6.45, 7) is 1.84. The van der Waals surface area contributed by atoms with Crippen LogP contribution >= 0.6 is 11.6 Å². The van der Waals surface area contributed by atoms with Gasteiger partial charge in [-0.25, -0.2) is 0 Å². The Kier molecular flexibility index (Phi) is 5.67. The van der Waals surface area contributed by atoms with Crippen LogP contribution < -0.4 is 10.9 Å². The highest BCUT2D eigenvalue weighted by Gasteiger charge is 2.05. The number of carbonyl (C=O) groups is 2. The molecule has 0 aliphatic carbocycles. The van der Waals surface area contributed by atoms with Gasteiger partial charge in [-0.1, -0.05) is 29.8 Å². The molecule has 2 amide bonds. The van der Waals surface area contributed by atoms with Gasteiger partial charge in [-0.3, -0.25) is 20.4 Å². The smallest absolute Gasteiger partial charge is 0.268 e. The number of allylic oxidation sites excluding steroid dienone is 3. The molecule has 94 valence electrons. The molecule has 0 spiro atoms. The van der Waals surface area contributed by atoms with Crippen LogP contribution in [0.1, 0.15) is 17.3 Å². The quantitative estimate of drug-likeness (QED) is 0.500. The highest BCUT2D eigenvalue weighted by Crippen LogP contribution is 2.08. The Morgan fingerprint density at radius 2 is 1.78 bits per heavy atom. The maximum atomic E-state index is 11.6. The van der Waals surface area contributed by atoms with E-state index >= 15 is 0 Å². The van der Waals surface area contributed by atoms with Crippen molar-refractivity contribution in [2.24, 2.45) is 0 Å². The van der Waals surface area contributed by atoms with E-state index in [-0.39, 0.29) is 0 Å². The zero-order valence-electron chi connectivity index (χ0n) is 9.81. The van der Waals surface area contributed by atoms with Gasteiger partial charge in [-0.15, -0.1) is 0 Å². The van der Waals surface area contributed by atoms with Crippen LogP contribution in [0.15, 0.2) is 48.6 Å². The number of rotatable bonds is 3. The van der Waals surface area contributed by atoms with Gasteiger partial charge in [0.2, 0.25) is 0 Å². The van der Waals surface area contributed by atoms with E-state index in [1.807, 2.05) is 6.92 Å². The van der Waals surface area contributed by atoms with E-state index < -0.39 is 11.8 Å². The second-order valence-electron chi connectivity index (χ2n) is 3.34. The topological polar surface area (TPSA) is 58.2 Å². The van der Waals surface area contributed by atoms with Crippen LogP contribution in [0, 0.1) is 0 Å². The van der Waals surface area contributed by atoms with E-state index in [4.69, 9.17) is 11.6 Å². The van der Waals surface area contributed by atoms with Gasteiger partial charge in [0, 0.05) is 16.7 Å². The Hall–Kier alpha value is -2.07. The lowest BCUT2D eigenvalue weighted by molar-refractivity contribution is -0.117. The van der Waals surface area contributed by atoms with Gasteiger partial charge in [0.25, 0.3) is 11.8 Å². The minimum atomic E-state index is -0.407. The SMILES string of the molecule is CC=CC=CC(=O)NNC(=O)c1ccc(Cl)cc1. The average Bonchev–Trinajstić information content (AvgIpc) is 2.37. The molecule has 0 bridgehead atoms. The number of nitrogens with one attached hydrogen (secondary N) is 2. The van der Waals surface area contributed by atoms with Crippen molar-refractivity contribution in [2.75, 3.05) is 0 Å². The first kappa shape index (κ1) is 14.0. The zero-order chi connectivity index (χ0) is 13.4. The van der Waals surface area contributed by atoms with Crippen LogP contribution in [0.4, 0.5) is 0 Å². The lowest BCUT2D eigenvalue weighted by Crippen LogP contribution is -2.40. The van der Waals surface area contributed by atoms with Gasteiger partial charge in [-0.05, 0) is 31.2 Å². The molecule has 1 aromatic carbocycles. The fraction of sp³-hybridized carbons (Fsp3) is 0.0769. The monoisotopic (exact) mass is 264 g/mol. The van der Waals surface area contributed by atoms with Gasteiger partial charge in [0.15, 0.2) is 0 Å². The molecular weight excluding hydrogens is 252 g/mol. The van der Waals surface area contributed by atoms with E-state index in [0.29, 0.717) is 10.6 Å². The lowest BCUT2D eigenvalue weighted by atomic mass is 10.2. The first-order chi connectivity index (χ1) is 8.63. The van der Waals surface area contributed by atoms with Crippen molar-refractivity contribution >= 4 is 23.4 Å². The van der Waals surface area contributed by atoms with Gasteiger partial charge < -0.3 is 0 Å². The fourth-order valence-corrected chi connectivity index (χ4v) is 1.21. The molecule has 0 saturated carbocycles. The van der Waals surface area contributed by atoms with Crippen molar-refractivity contribution in [3.63, 3.8) is 0 Å². The highest BCUT2D eigenvalue weighted by molar-refractivity contribution is 6.30. The lowest BCUT2D eigenvalue weighted by Gasteiger charge is -2.04. The Morgan fingerprint density at radius 1 is 1.11 bits per heavy atom. The van der Waals surface area contributed by atoms with Gasteiger partial charge in [0.05, 0.1) is 0 Å². The second-order valence-corrected chi connectivity index (χ2v) is 3.77. The molecule has 0 aliphatic rings. The van der Waals surface area contributed by atoms with Crippen LogP contribution in [0.3, 0.4) is 0 Å². The maximum absolute atomic E-state index is 11.6. The van der Waals surface area contributed by atoms with Crippen LogP contribution in [0.5, 0.6) is 0 Å². The summed E-state index contributed by atoms with van der Waals surface area (Å²) in [7, 11) is 0. The van der Waals surface area contributed by atoms with Crippen LogP contribution in [-0.4, -0.2) is 11.8 Å². The number of hydrazine groups is 1. The summed E-state index contributed by atoms with van der Waals surface area (Å²) in [5.41, 5.74) is 4.96. The predicted octanol–water partition coefficient (Wildman–Crippen LogP) is 2.23. The number of hydrogen-bond acceptors (Lipinski definition) is 2. The molecule has 1 rings (SSSR count).